The minimum Gasteiger partial charge on any atom is -0.412 e. The summed E-state index contributed by atoms with van der Waals surface area (Å²) < 4.78 is 8.11. The normalized spacial score (nSPS) is 8.28. The molecule has 0 amide bonds. The molecule has 2 nitrogen and oxygen atoms in total. The molecule has 0 fully saturated rings. The number of carbonyl (C=O) groups is 1. The summed E-state index contributed by atoms with van der Waals surface area (Å²) in [5.74, 6) is 0. The maximum absolute atomic E-state index is 10.7. The summed E-state index contributed by atoms with van der Waals surface area (Å²) >= 11 is 3.45. The number of aldehydes is 1. The van der Waals surface area contributed by atoms with Crippen molar-refractivity contribution >= 4 is 22.2 Å². The van der Waals surface area contributed by atoms with E-state index in [-0.39, 0.29) is 24.0 Å². The third kappa shape index (κ3) is 12.2. The van der Waals surface area contributed by atoms with Crippen molar-refractivity contribution in [2.24, 2.45) is 0 Å². The Morgan fingerprint density at radius 1 is 0.840 bits per heavy atom. The monoisotopic (exact) mass is 449 g/mol. The van der Waals surface area contributed by atoms with Crippen LogP contribution in [0.1, 0.15) is 61.7 Å². The molecule has 0 unspecified atom stereocenters. The third-order valence-corrected chi connectivity index (χ3v) is 4.11. The van der Waals surface area contributed by atoms with Gasteiger partial charge in [0.15, 0.2) is 0 Å². The first-order valence-corrected chi connectivity index (χ1v) is 8.92. The van der Waals surface area contributed by atoms with E-state index in [1.807, 2.05) is 53.7 Å². The summed E-state index contributed by atoms with van der Waals surface area (Å²) in [6.45, 7) is 16.0. The van der Waals surface area contributed by atoms with Crippen LogP contribution in [0.5, 0.6) is 0 Å². The second kappa shape index (κ2) is 19.5. The van der Waals surface area contributed by atoms with Gasteiger partial charge in [-0.2, -0.15) is 0 Å². The number of halogens is 1. The molecule has 0 aliphatic carbocycles. The van der Waals surface area contributed by atoms with E-state index in [4.69, 9.17) is 1.37 Å². The van der Waals surface area contributed by atoms with Gasteiger partial charge in [-0.05, 0) is 56.0 Å². The average molecular weight is 450 g/mol. The zero-order chi connectivity index (χ0) is 19.3. The maximum atomic E-state index is 10.7. The van der Waals surface area contributed by atoms with E-state index in [9.17, 15) is 4.79 Å². The molecule has 0 heterocycles. The first-order chi connectivity index (χ1) is 11.3. The Morgan fingerprint density at radius 3 is 1.56 bits per heavy atom. The Labute approximate surface area is 176 Å². The van der Waals surface area contributed by atoms with E-state index >= 15 is 0 Å². The molecule has 4 heteroatoms. The van der Waals surface area contributed by atoms with Gasteiger partial charge in [-0.15, -0.1) is 0 Å². The summed E-state index contributed by atoms with van der Waals surface area (Å²) in [5, 5.41) is 0. The van der Waals surface area contributed by atoms with Crippen LogP contribution in [0.15, 0.2) is 40.9 Å². The van der Waals surface area contributed by atoms with Crippen LogP contribution in [-0.4, -0.2) is 11.7 Å². The van der Waals surface area contributed by atoms with Crippen LogP contribution in [0.4, 0.5) is 0 Å². The molecule has 2 aromatic rings. The maximum Gasteiger partial charge on any atom is 0.150 e. The van der Waals surface area contributed by atoms with Crippen LogP contribution >= 0.6 is 15.9 Å². The minimum absolute atomic E-state index is 0. The topological polar surface area (TPSA) is 48.6 Å². The second-order valence-electron chi connectivity index (χ2n) is 4.53. The van der Waals surface area contributed by atoms with Gasteiger partial charge in [0.05, 0.1) is 0 Å². The zero-order valence-corrected chi connectivity index (χ0v) is 19.7. The van der Waals surface area contributed by atoms with E-state index in [0.717, 1.165) is 11.1 Å². The van der Waals surface area contributed by atoms with Crippen LogP contribution in [0.25, 0.3) is 0 Å². The number of rotatable bonds is 1. The molecule has 2 N–H and O–H groups in total. The molecular weight excluding hydrogens is 415 g/mol. The Bertz CT molecular complexity index is 611. The second-order valence-corrected chi connectivity index (χ2v) is 5.39. The van der Waals surface area contributed by atoms with Crippen LogP contribution in [-0.2, 0) is 18.6 Å². The quantitative estimate of drug-likeness (QED) is 0.464. The van der Waals surface area contributed by atoms with E-state index in [2.05, 4.69) is 41.9 Å². The van der Waals surface area contributed by atoms with Crippen molar-refractivity contribution in [3.63, 3.8) is 0 Å². The van der Waals surface area contributed by atoms with Gasteiger partial charge in [0, 0.05) is 28.6 Å². The standard InChI is InChI=1S/C9H10O.C8H9Br.2C2H6.H2O.V/c1-7-4-3-5-9(6-10)8(7)2;1-6-4-3-5-8(9)7(6)2;2*1-2;;/h3-6H,1-2H3;3-5H,1-2H3;2*1-2H3;1H2;/i6T;;;;;. The molecule has 0 spiro atoms. The molecule has 2 aromatic carbocycles. The predicted molar refractivity (Wildman–Crippen MR) is 111 cm³/mol. The van der Waals surface area contributed by atoms with Gasteiger partial charge in [0.2, 0.25) is 0 Å². The molecule has 0 aliphatic rings. The molecule has 0 atom stereocenters. The van der Waals surface area contributed by atoms with E-state index in [0.29, 0.717) is 5.56 Å². The van der Waals surface area contributed by atoms with E-state index in [1.165, 1.54) is 15.6 Å². The molecule has 0 aliphatic heterocycles. The van der Waals surface area contributed by atoms with Crippen molar-refractivity contribution in [2.75, 3.05) is 0 Å². The summed E-state index contributed by atoms with van der Waals surface area (Å²) in [5.41, 5.74) is 5.14. The van der Waals surface area contributed by atoms with E-state index < -0.39 is 6.26 Å². The molecule has 0 bridgehead atoms. The summed E-state index contributed by atoms with van der Waals surface area (Å²) in [6, 6.07) is 11.6. The van der Waals surface area contributed by atoms with Crippen molar-refractivity contribution in [3.8, 4) is 0 Å². The number of carbonyl (C=O) groups excluding carboxylic acids is 1. The summed E-state index contributed by atoms with van der Waals surface area (Å²) in [4.78, 5) is 10.7. The van der Waals surface area contributed by atoms with Crippen molar-refractivity contribution in [3.05, 3.63) is 68.7 Å². The Hall–Kier alpha value is -0.866. The zero-order valence-electron chi connectivity index (χ0n) is 17.7. The van der Waals surface area contributed by atoms with Crippen LogP contribution < -0.4 is 0 Å². The number of hydrogen-bond acceptors (Lipinski definition) is 1. The Balaban J connectivity index is -0.000000148. The molecule has 1 radical (unpaired) electrons. The van der Waals surface area contributed by atoms with Gasteiger partial charge in [0.25, 0.3) is 0 Å². The molecule has 2 rings (SSSR count). The first-order valence-electron chi connectivity index (χ1n) is 8.63. The van der Waals surface area contributed by atoms with Crippen LogP contribution in [0.3, 0.4) is 0 Å². The fraction of sp³-hybridized carbons (Fsp3) is 0.381. The van der Waals surface area contributed by atoms with Gasteiger partial charge >= 0.3 is 0 Å². The molecule has 25 heavy (non-hydrogen) atoms. The first kappa shape index (κ1) is 28.9. The van der Waals surface area contributed by atoms with Gasteiger partial charge in [0.1, 0.15) is 7.63 Å². The van der Waals surface area contributed by atoms with Crippen molar-refractivity contribution in [1.29, 1.82) is 0 Å². The Morgan fingerprint density at radius 2 is 1.24 bits per heavy atom. The van der Waals surface area contributed by atoms with Gasteiger partial charge in [-0.25, -0.2) is 0 Å². The fourth-order valence-corrected chi connectivity index (χ4v) is 2.04. The molecular formula is C21H33BrO2V. The smallest absolute Gasteiger partial charge is 0.150 e. The van der Waals surface area contributed by atoms with Crippen molar-refractivity contribution < 1.29 is 30.2 Å². The summed E-state index contributed by atoms with van der Waals surface area (Å²) in [7, 11) is 0. The Kier molecular flexibility index (Phi) is 22.5. The largest absolute Gasteiger partial charge is 0.412 e. The predicted octanol–water partition coefficient (Wildman–Crippen LogP) is 6.41. The van der Waals surface area contributed by atoms with Gasteiger partial charge in [-0.3, -0.25) is 4.79 Å². The van der Waals surface area contributed by atoms with E-state index in [1.54, 1.807) is 12.1 Å². The average Bonchev–Trinajstić information content (AvgIpc) is 2.59. The fourth-order valence-electron chi connectivity index (χ4n) is 1.58. The van der Waals surface area contributed by atoms with Gasteiger partial charge < -0.3 is 5.48 Å². The number of aryl methyl sites for hydroxylation is 2. The minimum atomic E-state index is -0.605. The van der Waals surface area contributed by atoms with Gasteiger partial charge in [-0.1, -0.05) is 74.0 Å². The SMILES string of the molecule is CC.CC.Cc1cccc(Br)c1C.O.[3H]C(=O)c1cccc(C)c1C.[V]. The third-order valence-electron chi connectivity index (χ3n) is 3.25. The number of hydrogen-bond donors (Lipinski definition) is 0. The summed E-state index contributed by atoms with van der Waals surface area (Å²) in [6.07, 6.45) is -0.605. The number of benzene rings is 2. The molecule has 0 saturated heterocycles. The molecule has 141 valence electrons. The van der Waals surface area contributed by atoms with Crippen molar-refractivity contribution in [2.45, 2.75) is 55.4 Å². The molecule has 0 saturated carbocycles. The van der Waals surface area contributed by atoms with Crippen LogP contribution in [0.2, 0.25) is 0 Å². The van der Waals surface area contributed by atoms with Crippen LogP contribution in [0, 0.1) is 27.7 Å². The van der Waals surface area contributed by atoms with Crippen molar-refractivity contribution in [1.82, 2.24) is 0 Å². The molecule has 0 aromatic heterocycles.